The van der Waals surface area contributed by atoms with Gasteiger partial charge in [0.1, 0.15) is 0 Å². The number of benzene rings is 2. The van der Waals surface area contributed by atoms with Gasteiger partial charge in [0.15, 0.2) is 0 Å². The highest BCUT2D eigenvalue weighted by molar-refractivity contribution is 5.86. The Morgan fingerprint density at radius 2 is 1.86 bits per heavy atom. The fourth-order valence-electron chi connectivity index (χ4n) is 2.52. The van der Waals surface area contributed by atoms with Crippen molar-refractivity contribution in [3.63, 3.8) is 0 Å². The molecule has 104 valence electrons. The Labute approximate surface area is 123 Å². The summed E-state index contributed by atoms with van der Waals surface area (Å²) >= 11 is 0. The Bertz CT molecular complexity index is 810. The van der Waals surface area contributed by atoms with E-state index in [-0.39, 0.29) is 12.3 Å². The molecule has 0 unspecified atom stereocenters. The van der Waals surface area contributed by atoms with Crippen molar-refractivity contribution in [3.05, 3.63) is 65.7 Å². The summed E-state index contributed by atoms with van der Waals surface area (Å²) in [6, 6.07) is 18.0. The van der Waals surface area contributed by atoms with Gasteiger partial charge in [-0.1, -0.05) is 42.5 Å². The maximum Gasteiger partial charge on any atom is 0.221 e. The van der Waals surface area contributed by atoms with Crippen LogP contribution in [0.3, 0.4) is 0 Å². The number of carbonyl (C=O) groups excluding carboxylic acids is 1. The van der Waals surface area contributed by atoms with E-state index in [0.29, 0.717) is 0 Å². The van der Waals surface area contributed by atoms with Crippen molar-refractivity contribution in [2.75, 3.05) is 0 Å². The first-order chi connectivity index (χ1) is 10.1. The quantitative estimate of drug-likeness (QED) is 0.798. The summed E-state index contributed by atoms with van der Waals surface area (Å²) in [4.78, 5) is 15.8. The van der Waals surface area contributed by atoms with Gasteiger partial charge in [-0.2, -0.15) is 0 Å². The molecule has 3 rings (SSSR count). The van der Waals surface area contributed by atoms with Gasteiger partial charge in [0, 0.05) is 10.9 Å². The molecule has 3 heteroatoms. The third-order valence-electron chi connectivity index (χ3n) is 3.53. The smallest absolute Gasteiger partial charge is 0.221 e. The number of aryl methyl sites for hydroxylation is 1. The molecule has 0 bridgehead atoms. The largest absolute Gasteiger partial charge is 0.369 e. The van der Waals surface area contributed by atoms with E-state index in [4.69, 9.17) is 10.7 Å². The zero-order chi connectivity index (χ0) is 14.8. The van der Waals surface area contributed by atoms with Crippen LogP contribution in [0.1, 0.15) is 11.1 Å². The molecule has 0 radical (unpaired) electrons. The summed E-state index contributed by atoms with van der Waals surface area (Å²) in [5.74, 6) is -0.328. The van der Waals surface area contributed by atoms with Gasteiger partial charge in [-0.3, -0.25) is 4.79 Å². The molecule has 21 heavy (non-hydrogen) atoms. The minimum Gasteiger partial charge on any atom is -0.369 e. The summed E-state index contributed by atoms with van der Waals surface area (Å²) in [6.45, 7) is 2.07. The highest BCUT2D eigenvalue weighted by atomic mass is 16.1. The van der Waals surface area contributed by atoms with Gasteiger partial charge < -0.3 is 5.73 Å². The maximum absolute atomic E-state index is 11.1. The number of amides is 1. The molecule has 0 saturated carbocycles. The molecule has 0 aliphatic heterocycles. The van der Waals surface area contributed by atoms with E-state index in [2.05, 4.69) is 13.0 Å². The number of hydrogen-bond acceptors (Lipinski definition) is 2. The predicted molar refractivity (Wildman–Crippen MR) is 84.8 cm³/mol. The Morgan fingerprint density at radius 1 is 1.10 bits per heavy atom. The van der Waals surface area contributed by atoms with Crippen molar-refractivity contribution in [2.24, 2.45) is 5.73 Å². The van der Waals surface area contributed by atoms with Gasteiger partial charge >= 0.3 is 0 Å². The normalized spacial score (nSPS) is 10.7. The van der Waals surface area contributed by atoms with Crippen molar-refractivity contribution in [3.8, 4) is 11.3 Å². The minimum absolute atomic E-state index is 0.242. The van der Waals surface area contributed by atoms with E-state index in [9.17, 15) is 4.79 Å². The first kappa shape index (κ1) is 13.3. The summed E-state index contributed by atoms with van der Waals surface area (Å²) in [7, 11) is 0. The Kier molecular flexibility index (Phi) is 3.40. The SMILES string of the molecule is Cc1cc(-c2ccccc2)nc2cc(CC(N)=O)ccc12. The maximum atomic E-state index is 11.1. The molecule has 3 aromatic rings. The lowest BCUT2D eigenvalue weighted by Gasteiger charge is -2.08. The van der Waals surface area contributed by atoms with Crippen LogP contribution in [0.4, 0.5) is 0 Å². The number of hydrogen-bond donors (Lipinski definition) is 1. The Hall–Kier alpha value is -2.68. The second kappa shape index (κ2) is 5.37. The number of aromatic nitrogens is 1. The highest BCUT2D eigenvalue weighted by Crippen LogP contribution is 2.25. The molecule has 2 N–H and O–H groups in total. The van der Waals surface area contributed by atoms with Crippen LogP contribution in [0.5, 0.6) is 0 Å². The third kappa shape index (κ3) is 2.77. The van der Waals surface area contributed by atoms with Crippen molar-refractivity contribution in [1.29, 1.82) is 0 Å². The van der Waals surface area contributed by atoms with E-state index in [1.807, 2.05) is 48.5 Å². The second-order valence-electron chi connectivity index (χ2n) is 5.19. The van der Waals surface area contributed by atoms with Crippen molar-refractivity contribution in [2.45, 2.75) is 13.3 Å². The topological polar surface area (TPSA) is 56.0 Å². The van der Waals surface area contributed by atoms with Gasteiger partial charge in [0.05, 0.1) is 17.6 Å². The van der Waals surface area contributed by atoms with E-state index < -0.39 is 0 Å². The Morgan fingerprint density at radius 3 is 2.57 bits per heavy atom. The third-order valence-corrected chi connectivity index (χ3v) is 3.53. The molecule has 1 amide bonds. The first-order valence-electron chi connectivity index (χ1n) is 6.87. The summed E-state index contributed by atoms with van der Waals surface area (Å²) in [6.07, 6.45) is 0.242. The molecule has 0 aliphatic carbocycles. The van der Waals surface area contributed by atoms with Crippen LogP contribution in [0.2, 0.25) is 0 Å². The van der Waals surface area contributed by atoms with E-state index in [0.717, 1.165) is 27.7 Å². The van der Waals surface area contributed by atoms with Crippen molar-refractivity contribution >= 4 is 16.8 Å². The zero-order valence-corrected chi connectivity index (χ0v) is 11.8. The van der Waals surface area contributed by atoms with E-state index in [1.54, 1.807) is 0 Å². The minimum atomic E-state index is -0.328. The van der Waals surface area contributed by atoms with E-state index in [1.165, 1.54) is 5.56 Å². The summed E-state index contributed by atoms with van der Waals surface area (Å²) in [5, 5.41) is 1.10. The summed E-state index contributed by atoms with van der Waals surface area (Å²) < 4.78 is 0. The number of pyridine rings is 1. The van der Waals surface area contributed by atoms with Crippen molar-refractivity contribution in [1.82, 2.24) is 4.98 Å². The van der Waals surface area contributed by atoms with Gasteiger partial charge in [-0.25, -0.2) is 4.98 Å². The summed E-state index contributed by atoms with van der Waals surface area (Å²) in [5.41, 5.74) is 10.2. The number of carbonyl (C=O) groups is 1. The van der Waals surface area contributed by atoms with Crippen LogP contribution in [0.15, 0.2) is 54.6 Å². The molecule has 1 aromatic heterocycles. The molecular weight excluding hydrogens is 260 g/mol. The predicted octanol–water partition coefficient (Wildman–Crippen LogP) is 3.24. The molecular formula is C18H16N2O. The van der Waals surface area contributed by atoms with Crippen LogP contribution < -0.4 is 5.73 Å². The van der Waals surface area contributed by atoms with Gasteiger partial charge in [-0.15, -0.1) is 0 Å². The molecule has 0 spiro atoms. The number of nitrogens with two attached hydrogens (primary N) is 1. The molecule has 0 saturated heterocycles. The van der Waals surface area contributed by atoms with Crippen LogP contribution in [0, 0.1) is 6.92 Å². The van der Waals surface area contributed by atoms with E-state index >= 15 is 0 Å². The fourth-order valence-corrected chi connectivity index (χ4v) is 2.52. The van der Waals surface area contributed by atoms with Crippen LogP contribution in [0.25, 0.3) is 22.2 Å². The zero-order valence-electron chi connectivity index (χ0n) is 11.8. The Balaban J connectivity index is 2.14. The molecule has 0 atom stereocenters. The molecule has 1 heterocycles. The van der Waals surface area contributed by atoms with Crippen LogP contribution in [-0.4, -0.2) is 10.9 Å². The fraction of sp³-hybridized carbons (Fsp3) is 0.111. The molecule has 0 fully saturated rings. The lowest BCUT2D eigenvalue weighted by atomic mass is 10.0. The number of primary amides is 1. The molecule has 3 nitrogen and oxygen atoms in total. The van der Waals surface area contributed by atoms with Gasteiger partial charge in [0.2, 0.25) is 5.91 Å². The first-order valence-corrected chi connectivity index (χ1v) is 6.87. The lowest BCUT2D eigenvalue weighted by molar-refractivity contribution is -0.117. The van der Waals surface area contributed by atoms with Gasteiger partial charge in [-0.05, 0) is 30.2 Å². The standard InChI is InChI=1S/C18H16N2O/c1-12-9-16(14-5-3-2-4-6-14)20-17-10-13(11-18(19)21)7-8-15(12)17/h2-10H,11H2,1H3,(H2,19,21). The van der Waals surface area contributed by atoms with Gasteiger partial charge in [0.25, 0.3) is 0 Å². The lowest BCUT2D eigenvalue weighted by Crippen LogP contribution is -2.13. The van der Waals surface area contributed by atoms with Crippen LogP contribution in [-0.2, 0) is 11.2 Å². The monoisotopic (exact) mass is 276 g/mol. The molecule has 2 aromatic carbocycles. The average molecular weight is 276 g/mol. The average Bonchev–Trinajstić information content (AvgIpc) is 2.47. The number of rotatable bonds is 3. The molecule has 0 aliphatic rings. The van der Waals surface area contributed by atoms with Crippen LogP contribution >= 0.6 is 0 Å². The number of nitrogens with zero attached hydrogens (tertiary/aromatic N) is 1. The second-order valence-corrected chi connectivity index (χ2v) is 5.19. The highest BCUT2D eigenvalue weighted by Gasteiger charge is 2.07. The number of fused-ring (bicyclic) bond motifs is 1. The van der Waals surface area contributed by atoms with Crippen molar-refractivity contribution < 1.29 is 4.79 Å².